The van der Waals surface area contributed by atoms with Crippen LogP contribution in [0, 0.1) is 6.92 Å². The molecule has 5 heteroatoms. The van der Waals surface area contributed by atoms with E-state index in [0.29, 0.717) is 0 Å². The average Bonchev–Trinajstić information content (AvgIpc) is 2.69. The summed E-state index contributed by atoms with van der Waals surface area (Å²) in [5, 5.41) is 12.8. The van der Waals surface area contributed by atoms with E-state index in [1.165, 1.54) is 16.9 Å². The van der Waals surface area contributed by atoms with Crippen molar-refractivity contribution in [3.05, 3.63) is 40.4 Å². The number of hydrogen-bond acceptors (Lipinski definition) is 4. The Morgan fingerprint density at radius 2 is 2.16 bits per heavy atom. The quantitative estimate of drug-likeness (QED) is 0.878. The fraction of sp³-hybridized carbons (Fsp3) is 0.286. The van der Waals surface area contributed by atoms with Crippen LogP contribution in [-0.2, 0) is 17.6 Å². The number of hydrogen-bond donors (Lipinski definition) is 2. The maximum atomic E-state index is 10.7. The summed E-state index contributed by atoms with van der Waals surface area (Å²) < 4.78 is 0. The molecule has 0 saturated carbocycles. The van der Waals surface area contributed by atoms with Gasteiger partial charge in [-0.1, -0.05) is 25.1 Å². The lowest BCUT2D eigenvalue weighted by Crippen LogP contribution is -1.99. The number of benzene rings is 1. The smallest absolute Gasteiger partial charge is 0.308 e. The van der Waals surface area contributed by atoms with Crippen molar-refractivity contribution in [3.8, 4) is 0 Å². The summed E-state index contributed by atoms with van der Waals surface area (Å²) in [5.74, 6) is -0.827. The molecule has 2 rings (SSSR count). The molecule has 0 aliphatic carbocycles. The number of carbonyl (C=O) groups is 1. The van der Waals surface area contributed by atoms with Crippen LogP contribution in [0.15, 0.2) is 24.3 Å². The Morgan fingerprint density at radius 1 is 1.42 bits per heavy atom. The number of carboxylic acid groups (broad SMARTS) is 1. The van der Waals surface area contributed by atoms with Crippen molar-refractivity contribution in [2.24, 2.45) is 0 Å². The minimum Gasteiger partial charge on any atom is -0.481 e. The number of aliphatic carboxylic acids is 1. The Bertz CT molecular complexity index is 593. The van der Waals surface area contributed by atoms with Crippen LogP contribution >= 0.6 is 11.3 Å². The van der Waals surface area contributed by atoms with E-state index in [1.807, 2.05) is 25.1 Å². The van der Waals surface area contributed by atoms with Crippen LogP contribution in [0.5, 0.6) is 0 Å². The standard InChI is InChI=1S/C14H16N2O2S/c1-3-10-6-4-5-7-11(10)16-14-15-9(2)12(19-14)8-13(17)18/h4-7H,3,8H2,1-2H3,(H,15,16)(H,17,18). The molecule has 0 saturated heterocycles. The van der Waals surface area contributed by atoms with E-state index in [-0.39, 0.29) is 6.42 Å². The van der Waals surface area contributed by atoms with E-state index in [4.69, 9.17) is 5.11 Å². The third-order valence-corrected chi connectivity index (χ3v) is 3.92. The number of thiazole rings is 1. The zero-order valence-electron chi connectivity index (χ0n) is 10.9. The molecule has 0 amide bonds. The molecule has 2 N–H and O–H groups in total. The lowest BCUT2D eigenvalue weighted by molar-refractivity contribution is -0.136. The van der Waals surface area contributed by atoms with E-state index in [0.717, 1.165) is 27.8 Å². The first kappa shape index (κ1) is 13.5. The zero-order chi connectivity index (χ0) is 13.8. The molecule has 0 bridgehead atoms. The molecule has 100 valence electrons. The molecule has 0 aliphatic heterocycles. The number of anilines is 2. The molecule has 0 atom stereocenters. The topological polar surface area (TPSA) is 62.2 Å². The highest BCUT2D eigenvalue weighted by atomic mass is 32.1. The van der Waals surface area contributed by atoms with E-state index in [2.05, 4.69) is 23.3 Å². The highest BCUT2D eigenvalue weighted by Crippen LogP contribution is 2.27. The second-order valence-electron chi connectivity index (χ2n) is 4.23. The monoisotopic (exact) mass is 276 g/mol. The number of aromatic nitrogens is 1. The predicted molar refractivity (Wildman–Crippen MR) is 77.3 cm³/mol. The number of nitrogens with one attached hydrogen (secondary N) is 1. The van der Waals surface area contributed by atoms with E-state index >= 15 is 0 Å². The third-order valence-electron chi connectivity index (χ3n) is 2.84. The molecule has 0 fully saturated rings. The minimum atomic E-state index is -0.827. The number of rotatable bonds is 5. The summed E-state index contributed by atoms with van der Waals surface area (Å²) in [6.07, 6.45) is 0.968. The second kappa shape index (κ2) is 5.84. The highest BCUT2D eigenvalue weighted by Gasteiger charge is 2.11. The van der Waals surface area contributed by atoms with Gasteiger partial charge in [-0.3, -0.25) is 4.79 Å². The van der Waals surface area contributed by atoms with Gasteiger partial charge in [0, 0.05) is 10.6 Å². The lowest BCUT2D eigenvalue weighted by atomic mass is 10.1. The predicted octanol–water partition coefficient (Wildman–Crippen LogP) is 3.38. The van der Waals surface area contributed by atoms with Gasteiger partial charge in [0.2, 0.25) is 0 Å². The van der Waals surface area contributed by atoms with Crippen molar-refractivity contribution < 1.29 is 9.90 Å². The van der Waals surface area contributed by atoms with Gasteiger partial charge in [0.1, 0.15) is 0 Å². The zero-order valence-corrected chi connectivity index (χ0v) is 11.8. The van der Waals surface area contributed by atoms with Crippen molar-refractivity contribution >= 4 is 28.1 Å². The van der Waals surface area contributed by atoms with E-state index in [1.54, 1.807) is 0 Å². The van der Waals surface area contributed by atoms with Crippen molar-refractivity contribution in [2.45, 2.75) is 26.7 Å². The first-order valence-corrected chi connectivity index (χ1v) is 6.94. The van der Waals surface area contributed by atoms with Crippen LogP contribution in [0.2, 0.25) is 0 Å². The number of aryl methyl sites for hydroxylation is 2. The third kappa shape index (κ3) is 3.32. The SMILES string of the molecule is CCc1ccccc1Nc1nc(C)c(CC(=O)O)s1. The molecule has 2 aromatic rings. The van der Waals surface area contributed by atoms with Gasteiger partial charge < -0.3 is 10.4 Å². The van der Waals surface area contributed by atoms with Gasteiger partial charge in [-0.05, 0) is 25.0 Å². The van der Waals surface area contributed by atoms with E-state index in [9.17, 15) is 4.79 Å². The number of nitrogens with zero attached hydrogens (tertiary/aromatic N) is 1. The highest BCUT2D eigenvalue weighted by molar-refractivity contribution is 7.15. The van der Waals surface area contributed by atoms with Gasteiger partial charge in [-0.2, -0.15) is 0 Å². The van der Waals surface area contributed by atoms with Crippen molar-refractivity contribution in [2.75, 3.05) is 5.32 Å². The lowest BCUT2D eigenvalue weighted by Gasteiger charge is -2.07. The minimum absolute atomic E-state index is 0.0284. The van der Waals surface area contributed by atoms with Gasteiger partial charge in [0.15, 0.2) is 5.13 Å². The van der Waals surface area contributed by atoms with Gasteiger partial charge in [0.25, 0.3) is 0 Å². The summed E-state index contributed by atoms with van der Waals surface area (Å²) in [6.45, 7) is 3.94. The molecule has 4 nitrogen and oxygen atoms in total. The van der Waals surface area contributed by atoms with Crippen LogP contribution in [0.1, 0.15) is 23.1 Å². The maximum Gasteiger partial charge on any atom is 0.308 e. The number of carboxylic acids is 1. The summed E-state index contributed by atoms with van der Waals surface area (Å²) in [6, 6.07) is 8.06. The molecule has 19 heavy (non-hydrogen) atoms. The molecule has 0 unspecified atom stereocenters. The summed E-state index contributed by atoms with van der Waals surface area (Å²) >= 11 is 1.40. The summed E-state index contributed by atoms with van der Waals surface area (Å²) in [5.41, 5.74) is 3.03. The molecule has 0 spiro atoms. The molecule has 0 radical (unpaired) electrons. The molecule has 1 heterocycles. The Kier molecular flexibility index (Phi) is 4.16. The van der Waals surface area contributed by atoms with Crippen molar-refractivity contribution in [3.63, 3.8) is 0 Å². The summed E-state index contributed by atoms with van der Waals surface area (Å²) in [4.78, 5) is 15.9. The molecule has 1 aromatic carbocycles. The van der Waals surface area contributed by atoms with Crippen LogP contribution < -0.4 is 5.32 Å². The molecular weight excluding hydrogens is 260 g/mol. The van der Waals surface area contributed by atoms with Crippen LogP contribution in [0.4, 0.5) is 10.8 Å². The Labute approximate surface area is 116 Å². The van der Waals surface area contributed by atoms with E-state index < -0.39 is 5.97 Å². The fourth-order valence-corrected chi connectivity index (χ4v) is 2.81. The first-order chi connectivity index (χ1) is 9.10. The Hall–Kier alpha value is -1.88. The van der Waals surface area contributed by atoms with Crippen molar-refractivity contribution in [1.82, 2.24) is 4.98 Å². The molecule has 1 aromatic heterocycles. The largest absolute Gasteiger partial charge is 0.481 e. The van der Waals surface area contributed by atoms with Gasteiger partial charge in [0.05, 0.1) is 12.1 Å². The Morgan fingerprint density at radius 3 is 2.84 bits per heavy atom. The Balaban J connectivity index is 2.21. The van der Waals surface area contributed by atoms with Gasteiger partial charge in [-0.25, -0.2) is 4.98 Å². The molecular formula is C14H16N2O2S. The average molecular weight is 276 g/mol. The van der Waals surface area contributed by atoms with Gasteiger partial charge in [-0.15, -0.1) is 11.3 Å². The van der Waals surface area contributed by atoms with Crippen LogP contribution in [-0.4, -0.2) is 16.1 Å². The van der Waals surface area contributed by atoms with Crippen LogP contribution in [0.3, 0.4) is 0 Å². The maximum absolute atomic E-state index is 10.7. The van der Waals surface area contributed by atoms with Crippen molar-refractivity contribution in [1.29, 1.82) is 0 Å². The second-order valence-corrected chi connectivity index (χ2v) is 5.32. The normalized spacial score (nSPS) is 10.4. The van der Waals surface area contributed by atoms with Crippen LogP contribution in [0.25, 0.3) is 0 Å². The summed E-state index contributed by atoms with van der Waals surface area (Å²) in [7, 11) is 0. The first-order valence-electron chi connectivity index (χ1n) is 6.13. The van der Waals surface area contributed by atoms with Gasteiger partial charge >= 0.3 is 5.97 Å². The fourth-order valence-electron chi connectivity index (χ4n) is 1.85. The molecule has 0 aliphatic rings. The number of para-hydroxylation sites is 1.